The summed E-state index contributed by atoms with van der Waals surface area (Å²) in [4.78, 5) is 2.56. The van der Waals surface area contributed by atoms with Crippen molar-refractivity contribution >= 4 is 39.1 Å². The number of pyridine rings is 2. The van der Waals surface area contributed by atoms with Gasteiger partial charge in [-0.15, -0.1) is 0 Å². The zero-order valence-corrected chi connectivity index (χ0v) is 26.8. The number of para-hydroxylation sites is 2. The molecule has 0 radical (unpaired) electrons. The van der Waals surface area contributed by atoms with Gasteiger partial charge in [-0.3, -0.25) is 0 Å². The molecule has 3 aromatic heterocycles. The average molecular weight is 609 g/mol. The van der Waals surface area contributed by atoms with Gasteiger partial charge in [0.2, 0.25) is 0 Å². The number of nitrogens with zero attached hydrogens (tertiary/aromatic N) is 4. The van der Waals surface area contributed by atoms with Crippen molar-refractivity contribution in [3.8, 4) is 28.6 Å². The molecule has 1 spiro atoms. The van der Waals surface area contributed by atoms with Gasteiger partial charge in [0, 0.05) is 28.0 Å². The van der Waals surface area contributed by atoms with Crippen molar-refractivity contribution in [2.45, 2.75) is 51.6 Å². The Labute approximate surface area is 272 Å². The van der Waals surface area contributed by atoms with Gasteiger partial charge in [-0.1, -0.05) is 70.2 Å². The van der Waals surface area contributed by atoms with Crippen molar-refractivity contribution in [3.05, 3.63) is 130 Å². The van der Waals surface area contributed by atoms with Gasteiger partial charge in [-0.2, -0.15) is 18.6 Å². The van der Waals surface area contributed by atoms with Crippen LogP contribution in [0.4, 0.5) is 17.2 Å². The third-order valence-corrected chi connectivity index (χ3v) is 12.0. The summed E-state index contributed by atoms with van der Waals surface area (Å²) in [5.74, 6) is 3.09. The highest BCUT2D eigenvalue weighted by Gasteiger charge is 2.71. The highest BCUT2D eigenvalue weighted by molar-refractivity contribution is 6.09. The molecule has 47 heavy (non-hydrogen) atoms. The summed E-state index contributed by atoms with van der Waals surface area (Å²) < 4.78 is 15.0. The van der Waals surface area contributed by atoms with Crippen molar-refractivity contribution in [2.75, 3.05) is 4.90 Å². The number of fused-ring (bicyclic) bond motifs is 8. The quantitative estimate of drug-likeness (QED) is 0.184. The third-order valence-electron chi connectivity index (χ3n) is 12.0. The lowest BCUT2D eigenvalue weighted by Gasteiger charge is -2.46. The van der Waals surface area contributed by atoms with Gasteiger partial charge in [-0.25, -0.2) is 0 Å². The highest BCUT2D eigenvalue weighted by Crippen LogP contribution is 2.64. The summed E-state index contributed by atoms with van der Waals surface area (Å²) in [6, 6.07) is 36.6. The van der Waals surface area contributed by atoms with Crippen molar-refractivity contribution < 1.29 is 13.9 Å². The Balaban J connectivity index is 1.41. The minimum atomic E-state index is -0.648. The first-order chi connectivity index (χ1) is 23.0. The molecular weight excluding hydrogens is 576 g/mol. The average Bonchev–Trinajstić information content (AvgIpc) is 3.59. The zero-order valence-electron chi connectivity index (χ0n) is 26.8. The number of aryl methyl sites for hydroxylation is 2. The van der Waals surface area contributed by atoms with Gasteiger partial charge in [-0.05, 0) is 72.5 Å². The summed E-state index contributed by atoms with van der Waals surface area (Å²) in [5.41, 5.74) is 15.8. The van der Waals surface area contributed by atoms with E-state index < -0.39 is 5.66 Å². The van der Waals surface area contributed by atoms with E-state index in [0.29, 0.717) is 0 Å². The van der Waals surface area contributed by atoms with Crippen LogP contribution in [0.25, 0.3) is 39.0 Å². The lowest BCUT2D eigenvalue weighted by Crippen LogP contribution is -2.76. The number of hydrogen-bond donors (Lipinski definition) is 0. The molecule has 1 unspecified atom stereocenters. The van der Waals surface area contributed by atoms with E-state index in [-0.39, 0.29) is 5.41 Å². The van der Waals surface area contributed by atoms with E-state index in [2.05, 4.69) is 143 Å². The van der Waals surface area contributed by atoms with Crippen molar-refractivity contribution in [3.63, 3.8) is 0 Å². The SMILES string of the molecule is CCc1cc2[n+]3c(c1)N1c4ccccc4C(C)(C)c4ccc5c(c41)C31c3c(cccc3-n3c4ccccc4c4c(CC)cc-2[n+]1c43)O5. The molecule has 7 aromatic rings. The molecule has 5 aliphatic rings. The van der Waals surface area contributed by atoms with Gasteiger partial charge in [0.05, 0.1) is 5.39 Å². The molecule has 224 valence electrons. The molecule has 5 heteroatoms. The molecule has 8 heterocycles. The minimum Gasteiger partial charge on any atom is -0.456 e. The number of hydrogen-bond acceptors (Lipinski definition) is 2. The lowest BCUT2D eigenvalue weighted by molar-refractivity contribution is -0.925. The number of rotatable bonds is 2. The number of benzene rings is 4. The van der Waals surface area contributed by atoms with Crippen LogP contribution in [-0.2, 0) is 23.9 Å². The van der Waals surface area contributed by atoms with E-state index in [4.69, 9.17) is 4.74 Å². The largest absolute Gasteiger partial charge is 0.456 e. The zero-order chi connectivity index (χ0) is 31.1. The molecule has 5 nitrogen and oxygen atoms in total. The van der Waals surface area contributed by atoms with Gasteiger partial charge in [0.25, 0.3) is 11.5 Å². The van der Waals surface area contributed by atoms with E-state index in [1.165, 1.54) is 89.6 Å². The molecule has 0 N–H and O–H groups in total. The van der Waals surface area contributed by atoms with Crippen LogP contribution in [0.2, 0.25) is 0 Å². The van der Waals surface area contributed by atoms with E-state index in [9.17, 15) is 0 Å². The van der Waals surface area contributed by atoms with Crippen LogP contribution < -0.4 is 18.8 Å². The standard InChI is InChI=1S/C42H32N4O/c1-5-23-20-31-32-22-24(6-2)36-25-12-7-9-14-28(25)43-30-16-11-17-33-37(30)42(46(32)40(36)43)38-34(47-33)19-18-27-39(38)44(35(21-23)45(31)42)29-15-10-8-13-26(29)41(27,3)4/h7-22H,5-6H2,1-4H3/q+2. The number of ether oxygens (including phenoxy) is 1. The molecule has 0 bridgehead atoms. The summed E-state index contributed by atoms with van der Waals surface area (Å²) in [5, 5.41) is 2.66. The predicted octanol–water partition coefficient (Wildman–Crippen LogP) is 8.60. The minimum absolute atomic E-state index is 0.196. The van der Waals surface area contributed by atoms with Crippen LogP contribution in [0.15, 0.2) is 97.1 Å². The molecule has 1 atom stereocenters. The fraction of sp³-hybridized carbons (Fsp3) is 0.190. The maximum atomic E-state index is 7.05. The van der Waals surface area contributed by atoms with Gasteiger partial charge in [0.1, 0.15) is 39.5 Å². The maximum Gasteiger partial charge on any atom is 0.323 e. The van der Waals surface area contributed by atoms with E-state index >= 15 is 0 Å². The number of anilines is 3. The Hall–Kier alpha value is -5.42. The Morgan fingerprint density at radius 1 is 0.702 bits per heavy atom. The van der Waals surface area contributed by atoms with Gasteiger partial charge >= 0.3 is 5.66 Å². The van der Waals surface area contributed by atoms with E-state index in [1.54, 1.807) is 0 Å². The second-order valence-corrected chi connectivity index (χ2v) is 14.3. The molecule has 12 rings (SSSR count). The first kappa shape index (κ1) is 24.8. The van der Waals surface area contributed by atoms with Gasteiger partial charge in [0.15, 0.2) is 17.1 Å². The van der Waals surface area contributed by atoms with Crippen LogP contribution in [-0.4, -0.2) is 4.57 Å². The normalized spacial score (nSPS) is 18.8. The number of aromatic nitrogens is 3. The smallest absolute Gasteiger partial charge is 0.323 e. The predicted molar refractivity (Wildman–Crippen MR) is 184 cm³/mol. The van der Waals surface area contributed by atoms with Crippen LogP contribution in [0.3, 0.4) is 0 Å². The maximum absolute atomic E-state index is 7.05. The fourth-order valence-electron chi connectivity index (χ4n) is 10.1. The highest BCUT2D eigenvalue weighted by atomic mass is 16.5. The Bertz CT molecular complexity index is 2680. The molecule has 0 saturated carbocycles. The first-order valence-electron chi connectivity index (χ1n) is 17.0. The van der Waals surface area contributed by atoms with Crippen LogP contribution >= 0.6 is 0 Å². The topological polar surface area (TPSA) is 25.2 Å². The summed E-state index contributed by atoms with van der Waals surface area (Å²) in [6.45, 7) is 9.36. The lowest BCUT2D eigenvalue weighted by atomic mass is 9.70. The second kappa shape index (κ2) is 7.58. The van der Waals surface area contributed by atoms with Crippen molar-refractivity contribution in [2.24, 2.45) is 0 Å². The summed E-state index contributed by atoms with van der Waals surface area (Å²) in [7, 11) is 0. The van der Waals surface area contributed by atoms with Crippen LogP contribution in [0.1, 0.15) is 61.1 Å². The molecule has 5 aliphatic heterocycles. The first-order valence-corrected chi connectivity index (χ1v) is 17.0. The fourth-order valence-corrected chi connectivity index (χ4v) is 10.1. The molecule has 4 aromatic carbocycles. The second-order valence-electron chi connectivity index (χ2n) is 14.3. The van der Waals surface area contributed by atoms with Gasteiger partial charge < -0.3 is 4.74 Å². The van der Waals surface area contributed by atoms with Crippen molar-refractivity contribution in [1.29, 1.82) is 0 Å². The molecule has 0 amide bonds. The van der Waals surface area contributed by atoms with Crippen LogP contribution in [0.5, 0.6) is 11.5 Å². The molecule has 0 saturated heterocycles. The molecule has 0 aliphatic carbocycles. The molecular formula is C42H32N4O+2. The molecule has 0 fully saturated rings. The van der Waals surface area contributed by atoms with E-state index in [1.807, 2.05) is 0 Å². The summed E-state index contributed by atoms with van der Waals surface area (Å²) >= 11 is 0. The Morgan fingerprint density at radius 2 is 1.49 bits per heavy atom. The van der Waals surface area contributed by atoms with Crippen LogP contribution in [0, 0.1) is 0 Å². The third kappa shape index (κ3) is 2.37. The summed E-state index contributed by atoms with van der Waals surface area (Å²) in [6.07, 6.45) is 1.92. The van der Waals surface area contributed by atoms with E-state index in [0.717, 1.165) is 24.3 Å². The Morgan fingerprint density at radius 3 is 2.36 bits per heavy atom. The monoisotopic (exact) mass is 608 g/mol. The van der Waals surface area contributed by atoms with Crippen molar-refractivity contribution in [1.82, 2.24) is 4.57 Å². The Kier molecular flexibility index (Phi) is 3.99.